The number of methoxy groups -OCH3 is 1. The Morgan fingerprint density at radius 3 is 1.92 bits per heavy atom. The molecule has 0 fully saturated rings. The van der Waals surface area contributed by atoms with E-state index in [0.29, 0.717) is 0 Å². The summed E-state index contributed by atoms with van der Waals surface area (Å²) in [6.45, 7) is 11.8. The van der Waals surface area contributed by atoms with E-state index in [1.807, 2.05) is 31.2 Å². The first-order valence-electron chi connectivity index (χ1n) is 4.04. The van der Waals surface area contributed by atoms with Crippen LogP contribution in [0.15, 0.2) is 44.0 Å². The molecule has 0 saturated heterocycles. The van der Waals surface area contributed by atoms with Gasteiger partial charge in [0.1, 0.15) is 5.75 Å². The van der Waals surface area contributed by atoms with E-state index < -0.39 is 0 Å². The van der Waals surface area contributed by atoms with Gasteiger partial charge in [-0.25, -0.2) is 0 Å². The average molecular weight is 176 g/mol. The van der Waals surface area contributed by atoms with Gasteiger partial charge in [-0.05, 0) is 24.6 Å². The lowest BCUT2D eigenvalue weighted by molar-refractivity contribution is 0.415. The van der Waals surface area contributed by atoms with Crippen LogP contribution >= 0.6 is 0 Å². The molecule has 1 aromatic carbocycles. The second kappa shape index (κ2) is 6.06. The van der Waals surface area contributed by atoms with Gasteiger partial charge in [0.15, 0.2) is 0 Å². The third kappa shape index (κ3) is 3.61. The van der Waals surface area contributed by atoms with Gasteiger partial charge in [0.25, 0.3) is 0 Å². The van der Waals surface area contributed by atoms with E-state index in [1.165, 1.54) is 0 Å². The van der Waals surface area contributed by atoms with Crippen LogP contribution in [0.1, 0.15) is 12.5 Å². The van der Waals surface area contributed by atoms with Crippen molar-refractivity contribution in [3.8, 4) is 5.75 Å². The summed E-state index contributed by atoms with van der Waals surface area (Å²) in [6, 6.07) is 7.87. The van der Waals surface area contributed by atoms with Gasteiger partial charge in [-0.2, -0.15) is 0 Å². The predicted molar refractivity (Wildman–Crippen MR) is 59.0 cm³/mol. The van der Waals surface area contributed by atoms with Crippen LogP contribution in [-0.4, -0.2) is 7.11 Å². The SMILES string of the molecule is C=C.C=C(C)c1ccc(OC)cc1. The summed E-state index contributed by atoms with van der Waals surface area (Å²) in [5.74, 6) is 0.884. The summed E-state index contributed by atoms with van der Waals surface area (Å²) in [6.07, 6.45) is 0. The lowest BCUT2D eigenvalue weighted by Crippen LogP contribution is -1.82. The van der Waals surface area contributed by atoms with Gasteiger partial charge in [-0.1, -0.05) is 24.3 Å². The van der Waals surface area contributed by atoms with Crippen molar-refractivity contribution in [2.45, 2.75) is 6.92 Å². The molecule has 0 atom stereocenters. The van der Waals surface area contributed by atoms with E-state index in [9.17, 15) is 0 Å². The highest BCUT2D eigenvalue weighted by Crippen LogP contribution is 2.16. The highest BCUT2D eigenvalue weighted by atomic mass is 16.5. The highest BCUT2D eigenvalue weighted by Gasteiger charge is 1.92. The molecule has 0 N–H and O–H groups in total. The van der Waals surface area contributed by atoms with Crippen molar-refractivity contribution in [3.05, 3.63) is 49.6 Å². The lowest BCUT2D eigenvalue weighted by atomic mass is 10.1. The van der Waals surface area contributed by atoms with Crippen LogP contribution in [0.3, 0.4) is 0 Å². The molecule has 13 heavy (non-hydrogen) atoms. The van der Waals surface area contributed by atoms with Gasteiger partial charge in [-0.15, -0.1) is 13.2 Å². The molecule has 0 aromatic heterocycles. The zero-order chi connectivity index (χ0) is 10.3. The van der Waals surface area contributed by atoms with Crippen LogP contribution in [0.2, 0.25) is 0 Å². The summed E-state index contributed by atoms with van der Waals surface area (Å²) >= 11 is 0. The van der Waals surface area contributed by atoms with Crippen LogP contribution in [0.5, 0.6) is 5.75 Å². The van der Waals surface area contributed by atoms with Gasteiger partial charge >= 0.3 is 0 Å². The largest absolute Gasteiger partial charge is 0.497 e. The Balaban J connectivity index is 0.000000671. The second-order valence-electron chi connectivity index (χ2n) is 2.51. The van der Waals surface area contributed by atoms with E-state index in [1.54, 1.807) is 7.11 Å². The number of benzene rings is 1. The van der Waals surface area contributed by atoms with Crippen molar-refractivity contribution in [2.75, 3.05) is 7.11 Å². The summed E-state index contributed by atoms with van der Waals surface area (Å²) in [5, 5.41) is 0. The Morgan fingerprint density at radius 1 is 1.15 bits per heavy atom. The molecule has 0 aliphatic heterocycles. The van der Waals surface area contributed by atoms with Crippen molar-refractivity contribution < 1.29 is 4.74 Å². The molecule has 1 rings (SSSR count). The zero-order valence-electron chi connectivity index (χ0n) is 8.34. The van der Waals surface area contributed by atoms with Crippen molar-refractivity contribution in [1.29, 1.82) is 0 Å². The maximum atomic E-state index is 5.02. The Morgan fingerprint density at radius 2 is 1.62 bits per heavy atom. The Labute approximate surface area is 80.4 Å². The van der Waals surface area contributed by atoms with Gasteiger partial charge in [0.2, 0.25) is 0 Å². The van der Waals surface area contributed by atoms with Gasteiger partial charge in [0.05, 0.1) is 7.11 Å². The zero-order valence-corrected chi connectivity index (χ0v) is 8.34. The molecule has 0 amide bonds. The quantitative estimate of drug-likeness (QED) is 0.626. The maximum absolute atomic E-state index is 5.02. The molecule has 0 saturated carbocycles. The molecule has 1 nitrogen and oxygen atoms in total. The van der Waals surface area contributed by atoms with E-state index in [-0.39, 0.29) is 0 Å². The molecule has 0 bridgehead atoms. The molecule has 0 spiro atoms. The second-order valence-corrected chi connectivity index (χ2v) is 2.51. The van der Waals surface area contributed by atoms with Crippen LogP contribution < -0.4 is 4.74 Å². The molecular formula is C12H16O. The fourth-order valence-corrected chi connectivity index (χ4v) is 0.876. The molecule has 0 aliphatic rings. The summed E-state index contributed by atoms with van der Waals surface area (Å²) in [5.41, 5.74) is 2.23. The first kappa shape index (κ1) is 11.5. The average Bonchev–Trinajstić information content (AvgIpc) is 2.21. The Kier molecular flexibility index (Phi) is 5.37. The first-order valence-corrected chi connectivity index (χ1v) is 4.04. The number of ether oxygens (including phenoxy) is 1. The molecule has 1 aromatic rings. The van der Waals surface area contributed by atoms with Crippen molar-refractivity contribution in [2.24, 2.45) is 0 Å². The van der Waals surface area contributed by atoms with Crippen molar-refractivity contribution in [1.82, 2.24) is 0 Å². The Bertz CT molecular complexity index is 259. The molecule has 0 radical (unpaired) electrons. The number of hydrogen-bond donors (Lipinski definition) is 0. The number of rotatable bonds is 2. The summed E-state index contributed by atoms with van der Waals surface area (Å²) < 4.78 is 5.02. The van der Waals surface area contributed by atoms with E-state index in [4.69, 9.17) is 4.74 Å². The minimum Gasteiger partial charge on any atom is -0.497 e. The predicted octanol–water partition coefficient (Wildman–Crippen LogP) is 3.53. The first-order chi connectivity index (χ1) is 6.24. The molecular weight excluding hydrogens is 160 g/mol. The monoisotopic (exact) mass is 176 g/mol. The Hall–Kier alpha value is -1.50. The molecule has 0 heterocycles. The summed E-state index contributed by atoms with van der Waals surface area (Å²) in [4.78, 5) is 0. The van der Waals surface area contributed by atoms with Crippen LogP contribution in [0.4, 0.5) is 0 Å². The minimum absolute atomic E-state index is 0.884. The van der Waals surface area contributed by atoms with Crippen molar-refractivity contribution in [3.63, 3.8) is 0 Å². The number of allylic oxidation sites excluding steroid dienone is 1. The summed E-state index contributed by atoms with van der Waals surface area (Å²) in [7, 11) is 1.66. The minimum atomic E-state index is 0.884. The smallest absolute Gasteiger partial charge is 0.118 e. The fourth-order valence-electron chi connectivity index (χ4n) is 0.876. The van der Waals surface area contributed by atoms with Gasteiger partial charge in [-0.3, -0.25) is 0 Å². The lowest BCUT2D eigenvalue weighted by Gasteiger charge is -2.01. The van der Waals surface area contributed by atoms with E-state index >= 15 is 0 Å². The normalized spacial score (nSPS) is 8.15. The van der Waals surface area contributed by atoms with Crippen LogP contribution in [-0.2, 0) is 0 Å². The van der Waals surface area contributed by atoms with E-state index in [0.717, 1.165) is 16.9 Å². The maximum Gasteiger partial charge on any atom is 0.118 e. The molecule has 0 aliphatic carbocycles. The fraction of sp³-hybridized carbons (Fsp3) is 0.167. The third-order valence-corrected chi connectivity index (χ3v) is 1.58. The van der Waals surface area contributed by atoms with E-state index in [2.05, 4.69) is 19.7 Å². The number of hydrogen-bond acceptors (Lipinski definition) is 1. The van der Waals surface area contributed by atoms with Crippen molar-refractivity contribution >= 4 is 5.57 Å². The third-order valence-electron chi connectivity index (χ3n) is 1.58. The molecule has 70 valence electrons. The highest BCUT2D eigenvalue weighted by molar-refractivity contribution is 5.61. The topological polar surface area (TPSA) is 9.23 Å². The van der Waals surface area contributed by atoms with Crippen LogP contribution in [0.25, 0.3) is 5.57 Å². The van der Waals surface area contributed by atoms with Gasteiger partial charge in [0, 0.05) is 0 Å². The van der Waals surface area contributed by atoms with Crippen LogP contribution in [0, 0.1) is 0 Å². The van der Waals surface area contributed by atoms with Gasteiger partial charge < -0.3 is 4.74 Å². The molecule has 0 unspecified atom stereocenters. The molecule has 1 heteroatoms. The standard InChI is InChI=1S/C10H12O.C2H4/c1-8(2)9-4-6-10(11-3)7-5-9;1-2/h4-7H,1H2,2-3H3;1-2H2.